The lowest BCUT2D eigenvalue weighted by Crippen LogP contribution is -2.46. The highest BCUT2D eigenvalue weighted by atomic mass is 35.5. The number of carbonyl (C=O) groups is 2. The van der Waals surface area contributed by atoms with Crippen molar-refractivity contribution in [2.75, 3.05) is 22.7 Å². The van der Waals surface area contributed by atoms with E-state index < -0.39 is 0 Å². The molecule has 2 aromatic rings. The monoisotopic (exact) mass is 417 g/mol. The first-order valence-electron chi connectivity index (χ1n) is 9.56. The van der Waals surface area contributed by atoms with Crippen LogP contribution in [0.2, 0.25) is 0 Å². The van der Waals surface area contributed by atoms with Crippen molar-refractivity contribution < 1.29 is 18.7 Å². The molecule has 0 unspecified atom stereocenters. The first-order chi connectivity index (χ1) is 14.0. The molecule has 152 valence electrons. The molecule has 8 heteroatoms. The van der Waals surface area contributed by atoms with Gasteiger partial charge in [-0.3, -0.25) is 9.59 Å². The number of nitrogens with zero attached hydrogens (tertiary/aromatic N) is 2. The Labute approximate surface area is 173 Å². The maximum atomic E-state index is 13.3. The lowest BCUT2D eigenvalue weighted by atomic mass is 10.0. The van der Waals surface area contributed by atoms with Gasteiger partial charge in [0.1, 0.15) is 29.8 Å². The summed E-state index contributed by atoms with van der Waals surface area (Å²) >= 11 is 5.80. The summed E-state index contributed by atoms with van der Waals surface area (Å²) in [5, 5.41) is 2.89. The number of amides is 2. The standard InChI is InChI=1S/C21H21ClFN3O3/c1-12-11-29-21-17(26(12)18(27)10-22)9-15(8-13-2-6-16(23)7-3-13)19(25-21)24-20(28)14-4-5-14/h2-3,6-7,9,12,14H,4-5,8,10-11H2,1H3,(H,24,25,28)/t12-/m0/s1. The van der Waals surface area contributed by atoms with Crippen molar-refractivity contribution in [3.8, 4) is 5.88 Å². The van der Waals surface area contributed by atoms with E-state index in [1.807, 2.05) is 6.92 Å². The Bertz CT molecular complexity index is 947. The van der Waals surface area contributed by atoms with Crippen LogP contribution >= 0.6 is 11.6 Å². The molecular weight excluding hydrogens is 397 g/mol. The highest BCUT2D eigenvalue weighted by Gasteiger charge is 2.33. The molecule has 1 aromatic heterocycles. The van der Waals surface area contributed by atoms with Crippen LogP contribution in [-0.2, 0) is 16.0 Å². The predicted molar refractivity (Wildman–Crippen MR) is 108 cm³/mol. The highest BCUT2D eigenvalue weighted by Crippen LogP contribution is 2.37. The maximum Gasteiger partial charge on any atom is 0.242 e. The third-order valence-electron chi connectivity index (χ3n) is 5.09. The second-order valence-corrected chi connectivity index (χ2v) is 7.71. The van der Waals surface area contributed by atoms with Gasteiger partial charge in [-0.15, -0.1) is 11.6 Å². The maximum absolute atomic E-state index is 13.3. The fraction of sp³-hybridized carbons (Fsp3) is 0.381. The second-order valence-electron chi connectivity index (χ2n) is 7.44. The van der Waals surface area contributed by atoms with Gasteiger partial charge in [0.25, 0.3) is 0 Å². The van der Waals surface area contributed by atoms with E-state index in [2.05, 4.69) is 10.3 Å². The molecule has 1 fully saturated rings. The van der Waals surface area contributed by atoms with Crippen molar-refractivity contribution in [3.63, 3.8) is 0 Å². The average molecular weight is 418 g/mol. The van der Waals surface area contributed by atoms with Gasteiger partial charge in [-0.1, -0.05) is 12.1 Å². The minimum absolute atomic E-state index is 0.0155. The lowest BCUT2D eigenvalue weighted by Gasteiger charge is -2.34. The SMILES string of the molecule is C[C@H]1COc2nc(NC(=O)C3CC3)c(Cc3ccc(F)cc3)cc2N1C(=O)CCl. The molecule has 1 atom stereocenters. The molecule has 1 aliphatic heterocycles. The lowest BCUT2D eigenvalue weighted by molar-refractivity contribution is -0.118. The van der Waals surface area contributed by atoms with E-state index in [4.69, 9.17) is 16.3 Å². The van der Waals surface area contributed by atoms with Crippen LogP contribution in [0.15, 0.2) is 30.3 Å². The molecule has 1 aromatic carbocycles. The number of alkyl halides is 1. The number of ether oxygens (including phenoxy) is 1. The number of pyridine rings is 1. The number of aromatic nitrogens is 1. The van der Waals surface area contributed by atoms with Crippen LogP contribution in [0.4, 0.5) is 15.9 Å². The Hall–Kier alpha value is -2.67. The first kappa shape index (κ1) is 19.6. The summed E-state index contributed by atoms with van der Waals surface area (Å²) in [6, 6.07) is 7.75. The Morgan fingerprint density at radius 2 is 2.03 bits per heavy atom. The summed E-state index contributed by atoms with van der Waals surface area (Å²) in [4.78, 5) is 30.8. The topological polar surface area (TPSA) is 71.5 Å². The Morgan fingerprint density at radius 3 is 2.69 bits per heavy atom. The number of benzene rings is 1. The molecule has 29 heavy (non-hydrogen) atoms. The van der Waals surface area contributed by atoms with E-state index >= 15 is 0 Å². The average Bonchev–Trinajstić information content (AvgIpc) is 3.55. The van der Waals surface area contributed by atoms with Crippen molar-refractivity contribution in [1.29, 1.82) is 0 Å². The second kappa shape index (κ2) is 7.99. The van der Waals surface area contributed by atoms with E-state index in [1.54, 1.807) is 23.1 Å². The van der Waals surface area contributed by atoms with Crippen molar-refractivity contribution in [1.82, 2.24) is 4.98 Å². The molecule has 0 spiro atoms. The quantitative estimate of drug-likeness (QED) is 0.756. The van der Waals surface area contributed by atoms with Crippen molar-refractivity contribution in [3.05, 3.63) is 47.3 Å². The minimum Gasteiger partial charge on any atom is -0.474 e. The summed E-state index contributed by atoms with van der Waals surface area (Å²) in [6.07, 6.45) is 2.16. The Kier molecular flexibility index (Phi) is 5.41. The minimum atomic E-state index is -0.319. The fourth-order valence-corrected chi connectivity index (χ4v) is 3.52. The van der Waals surface area contributed by atoms with Gasteiger partial charge in [-0.2, -0.15) is 4.98 Å². The van der Waals surface area contributed by atoms with E-state index in [1.165, 1.54) is 12.1 Å². The molecule has 0 radical (unpaired) electrons. The van der Waals surface area contributed by atoms with E-state index in [0.29, 0.717) is 17.9 Å². The van der Waals surface area contributed by atoms with Gasteiger partial charge in [-0.25, -0.2) is 4.39 Å². The normalized spacial score (nSPS) is 18.0. The number of hydrogen-bond acceptors (Lipinski definition) is 4. The van der Waals surface area contributed by atoms with Crippen molar-refractivity contribution in [2.45, 2.75) is 32.2 Å². The van der Waals surface area contributed by atoms with E-state index in [-0.39, 0.29) is 48.0 Å². The highest BCUT2D eigenvalue weighted by molar-refractivity contribution is 6.29. The number of rotatable bonds is 5. The third-order valence-corrected chi connectivity index (χ3v) is 5.32. The number of nitrogens with one attached hydrogen (secondary N) is 1. The van der Waals surface area contributed by atoms with Crippen molar-refractivity contribution in [2.24, 2.45) is 5.92 Å². The number of anilines is 2. The Morgan fingerprint density at radius 1 is 1.31 bits per heavy atom. The van der Waals surface area contributed by atoms with Crippen LogP contribution in [-0.4, -0.2) is 35.3 Å². The fourth-order valence-electron chi connectivity index (χ4n) is 3.39. The van der Waals surface area contributed by atoms with Gasteiger partial charge in [0.15, 0.2) is 0 Å². The predicted octanol–water partition coefficient (Wildman–Crippen LogP) is 3.51. The molecule has 2 aliphatic rings. The summed E-state index contributed by atoms with van der Waals surface area (Å²) in [7, 11) is 0. The molecule has 0 bridgehead atoms. The number of hydrogen-bond donors (Lipinski definition) is 1. The van der Waals surface area contributed by atoms with Crippen LogP contribution < -0.4 is 15.0 Å². The summed E-state index contributed by atoms with van der Waals surface area (Å²) < 4.78 is 19.0. The van der Waals surface area contributed by atoms with Gasteiger partial charge in [0, 0.05) is 17.9 Å². The molecule has 1 aliphatic carbocycles. The molecule has 1 saturated carbocycles. The van der Waals surface area contributed by atoms with Crippen LogP contribution in [0, 0.1) is 11.7 Å². The zero-order valence-electron chi connectivity index (χ0n) is 16.0. The smallest absolute Gasteiger partial charge is 0.242 e. The molecular formula is C21H21ClFN3O3. The summed E-state index contributed by atoms with van der Waals surface area (Å²) in [5.74, 6) is -0.0866. The van der Waals surface area contributed by atoms with E-state index in [9.17, 15) is 14.0 Å². The summed E-state index contributed by atoms with van der Waals surface area (Å²) in [5.41, 5.74) is 2.10. The largest absolute Gasteiger partial charge is 0.474 e. The Balaban J connectivity index is 1.74. The van der Waals surface area contributed by atoms with Gasteiger partial charge < -0.3 is 15.0 Å². The molecule has 1 N–H and O–H groups in total. The first-order valence-corrected chi connectivity index (χ1v) is 10.1. The molecule has 4 rings (SSSR count). The molecule has 2 heterocycles. The zero-order valence-corrected chi connectivity index (χ0v) is 16.7. The summed E-state index contributed by atoms with van der Waals surface area (Å²) in [6.45, 7) is 2.16. The van der Waals surface area contributed by atoms with Gasteiger partial charge >= 0.3 is 0 Å². The zero-order chi connectivity index (χ0) is 20.5. The number of fused-ring (bicyclic) bond motifs is 1. The number of carbonyl (C=O) groups excluding carboxylic acids is 2. The third kappa shape index (κ3) is 4.19. The van der Waals surface area contributed by atoms with Crippen LogP contribution in [0.25, 0.3) is 0 Å². The molecule has 2 amide bonds. The van der Waals surface area contributed by atoms with Crippen molar-refractivity contribution >= 4 is 34.9 Å². The van der Waals surface area contributed by atoms with E-state index in [0.717, 1.165) is 24.0 Å². The van der Waals surface area contributed by atoms with Crippen LogP contribution in [0.1, 0.15) is 30.9 Å². The van der Waals surface area contributed by atoms with Gasteiger partial charge in [0.2, 0.25) is 17.7 Å². The van der Waals surface area contributed by atoms with Crippen LogP contribution in [0.3, 0.4) is 0 Å². The van der Waals surface area contributed by atoms with Gasteiger partial charge in [-0.05, 0) is 43.5 Å². The molecule has 6 nitrogen and oxygen atoms in total. The van der Waals surface area contributed by atoms with Crippen LogP contribution in [0.5, 0.6) is 5.88 Å². The molecule has 0 saturated heterocycles. The number of halogens is 2. The van der Waals surface area contributed by atoms with Gasteiger partial charge in [0.05, 0.1) is 6.04 Å².